The summed E-state index contributed by atoms with van der Waals surface area (Å²) in [5.41, 5.74) is 14.0. The molecular formula is C49H49N6O2+. The maximum Gasteiger partial charge on any atom is 0.297 e. The van der Waals surface area contributed by atoms with Crippen LogP contribution in [0.1, 0.15) is 90.4 Å². The van der Waals surface area contributed by atoms with E-state index >= 15 is 0 Å². The van der Waals surface area contributed by atoms with Gasteiger partial charge in [-0.3, -0.25) is 10.1 Å². The quantitative estimate of drug-likeness (QED) is 0.0942. The first kappa shape index (κ1) is 37.5. The summed E-state index contributed by atoms with van der Waals surface area (Å²) in [5.74, 6) is 0. The van der Waals surface area contributed by atoms with Crippen molar-refractivity contribution in [2.75, 3.05) is 0 Å². The van der Waals surface area contributed by atoms with Gasteiger partial charge in [0.2, 0.25) is 0 Å². The van der Waals surface area contributed by atoms with E-state index in [-0.39, 0.29) is 26.9 Å². The fourth-order valence-electron chi connectivity index (χ4n) is 7.52. The van der Waals surface area contributed by atoms with Gasteiger partial charge >= 0.3 is 0 Å². The second kappa shape index (κ2) is 13.7. The molecular weight excluding hydrogens is 705 g/mol. The Morgan fingerprint density at radius 1 is 0.561 bits per heavy atom. The van der Waals surface area contributed by atoms with E-state index in [1.165, 1.54) is 11.1 Å². The van der Waals surface area contributed by atoms with E-state index in [9.17, 15) is 10.1 Å². The van der Waals surface area contributed by atoms with Crippen LogP contribution >= 0.6 is 0 Å². The number of hydrogen-bond donors (Lipinski definition) is 3. The summed E-state index contributed by atoms with van der Waals surface area (Å²) in [4.78, 5) is 33.5. The van der Waals surface area contributed by atoms with Crippen molar-refractivity contribution in [3.63, 3.8) is 0 Å². The number of rotatable bonds is 4. The highest BCUT2D eigenvalue weighted by Gasteiger charge is 2.23. The van der Waals surface area contributed by atoms with Crippen molar-refractivity contribution in [3.05, 3.63) is 141 Å². The van der Waals surface area contributed by atoms with Gasteiger partial charge in [0.15, 0.2) is 0 Å². The molecule has 3 aromatic carbocycles. The van der Waals surface area contributed by atoms with Gasteiger partial charge in [-0.2, -0.15) is 0 Å². The summed E-state index contributed by atoms with van der Waals surface area (Å²) in [5, 5.41) is 12.8. The molecule has 8 bridgehead atoms. The lowest BCUT2D eigenvalue weighted by atomic mass is 9.86. The van der Waals surface area contributed by atoms with E-state index < -0.39 is 0 Å². The number of hydrogen-bond acceptors (Lipinski definition) is 4. The molecule has 57 heavy (non-hydrogen) atoms. The standard InChI is InChI=1S/C49H49N6O2/c1-47(2,3)32-16-10-29(11-17-32)43-36-23-22-35(50-36)40-28-41(55(56)57)46(53-40)45(31-14-20-34(21-15-31)49(7,8)9)54-42-27-26-39(52-42)44(38-25-24-37(43)51-38)30-12-18-33(19-13-30)48(4,5)6/h10-28,51-53H,1-9H3/q+1. The van der Waals surface area contributed by atoms with Crippen LogP contribution in [-0.2, 0) is 16.2 Å². The van der Waals surface area contributed by atoms with E-state index in [1.807, 2.05) is 36.4 Å². The zero-order valence-electron chi connectivity index (χ0n) is 34.1. The molecule has 286 valence electrons. The van der Waals surface area contributed by atoms with Crippen LogP contribution in [0.5, 0.6) is 0 Å². The van der Waals surface area contributed by atoms with Gasteiger partial charge in [-0.05, 0) is 68.8 Å². The Morgan fingerprint density at radius 3 is 1.67 bits per heavy atom. The molecule has 4 aromatic heterocycles. The van der Waals surface area contributed by atoms with Gasteiger partial charge in [-0.15, -0.1) is 0 Å². The predicted molar refractivity (Wildman–Crippen MR) is 236 cm³/mol. The molecule has 7 aromatic rings. The molecule has 0 fully saturated rings. The van der Waals surface area contributed by atoms with Crippen LogP contribution in [0.25, 0.3) is 78.9 Å². The van der Waals surface area contributed by atoms with E-state index in [4.69, 9.17) is 9.97 Å². The molecule has 5 heterocycles. The summed E-state index contributed by atoms with van der Waals surface area (Å²) in [6.07, 6.45) is 3.90. The zero-order valence-corrected chi connectivity index (χ0v) is 34.1. The van der Waals surface area contributed by atoms with Crippen LogP contribution in [0.4, 0.5) is 5.69 Å². The van der Waals surface area contributed by atoms with E-state index in [2.05, 4.69) is 150 Å². The molecule has 8 nitrogen and oxygen atoms in total. The highest BCUT2D eigenvalue weighted by atomic mass is 16.6. The minimum absolute atomic E-state index is 0.00281. The highest BCUT2D eigenvalue weighted by molar-refractivity contribution is 5.98. The SMILES string of the molecule is CC(C)(C)c1ccc(-c2c3nc(c4cc([N+](=O)[O-])c([nH]4)c(-c4ccc(C(C)(C)C)cc4)nc4ccc([nH]4)[c+](-c4ccc(C(C)(C)C)cc4)c4ccc2[nH]4)C=C3)cc1. The second-order valence-corrected chi connectivity index (χ2v) is 18.2. The average Bonchev–Trinajstić information content (AvgIpc) is 3.98. The minimum Gasteiger partial charge on any atom is -0.346 e. The molecule has 8 rings (SSSR count). The molecule has 0 amide bonds. The van der Waals surface area contributed by atoms with Crippen molar-refractivity contribution in [1.29, 1.82) is 0 Å². The summed E-state index contributed by atoms with van der Waals surface area (Å²) >= 11 is 0. The summed E-state index contributed by atoms with van der Waals surface area (Å²) in [7, 11) is 0. The Morgan fingerprint density at radius 2 is 1.09 bits per heavy atom. The molecule has 1 aliphatic heterocycles. The van der Waals surface area contributed by atoms with Crippen LogP contribution in [0, 0.1) is 10.1 Å². The Bertz CT molecular complexity index is 2840. The van der Waals surface area contributed by atoms with Crippen molar-refractivity contribution in [3.8, 4) is 33.5 Å². The number of H-pyrrole nitrogens is 3. The van der Waals surface area contributed by atoms with Gasteiger partial charge in [0.05, 0.1) is 32.9 Å². The molecule has 3 N–H and O–H groups in total. The third-order valence-corrected chi connectivity index (χ3v) is 10.9. The first-order valence-electron chi connectivity index (χ1n) is 19.5. The third-order valence-electron chi connectivity index (χ3n) is 10.9. The van der Waals surface area contributed by atoms with E-state index in [0.29, 0.717) is 28.1 Å². The second-order valence-electron chi connectivity index (χ2n) is 18.2. The number of nitro groups is 1. The lowest BCUT2D eigenvalue weighted by Crippen LogP contribution is -2.10. The lowest BCUT2D eigenvalue weighted by Gasteiger charge is -2.19. The summed E-state index contributed by atoms with van der Waals surface area (Å²) < 4.78 is 0. The first-order chi connectivity index (χ1) is 26.9. The monoisotopic (exact) mass is 753 g/mol. The van der Waals surface area contributed by atoms with Crippen molar-refractivity contribution in [2.45, 2.75) is 78.6 Å². The molecule has 0 radical (unpaired) electrons. The van der Waals surface area contributed by atoms with Crippen molar-refractivity contribution in [2.24, 2.45) is 0 Å². The number of aromatic amines is 3. The van der Waals surface area contributed by atoms with Crippen LogP contribution in [0.15, 0.2) is 103 Å². The summed E-state index contributed by atoms with van der Waals surface area (Å²) in [6.45, 7) is 19.8. The largest absolute Gasteiger partial charge is 0.346 e. The molecule has 0 aliphatic carbocycles. The van der Waals surface area contributed by atoms with Gasteiger partial charge in [0.25, 0.3) is 5.69 Å². The molecule has 1 aliphatic rings. The maximum absolute atomic E-state index is 12.8. The first-order valence-corrected chi connectivity index (χ1v) is 19.5. The van der Waals surface area contributed by atoms with Crippen molar-refractivity contribution < 1.29 is 4.92 Å². The maximum atomic E-state index is 12.8. The number of nitrogens with one attached hydrogen (secondary N) is 3. The van der Waals surface area contributed by atoms with Crippen molar-refractivity contribution >= 4 is 51.1 Å². The average molecular weight is 754 g/mol. The van der Waals surface area contributed by atoms with Crippen LogP contribution in [-0.4, -0.2) is 29.8 Å². The Balaban J connectivity index is 1.50. The number of benzene rings is 3. The highest BCUT2D eigenvalue weighted by Crippen LogP contribution is 2.38. The van der Waals surface area contributed by atoms with Crippen LogP contribution in [0.3, 0.4) is 0 Å². The lowest BCUT2D eigenvalue weighted by molar-refractivity contribution is -0.382. The summed E-state index contributed by atoms with van der Waals surface area (Å²) in [6, 6.07) is 35.3. The molecule has 0 atom stereocenters. The van der Waals surface area contributed by atoms with E-state index in [0.717, 1.165) is 55.6 Å². The Hall–Kier alpha value is -6.41. The van der Waals surface area contributed by atoms with Crippen LogP contribution in [0.2, 0.25) is 0 Å². The van der Waals surface area contributed by atoms with Gasteiger partial charge in [-0.1, -0.05) is 111 Å². The molecule has 0 spiro atoms. The fourth-order valence-corrected chi connectivity index (χ4v) is 7.52. The minimum atomic E-state index is -0.353. The fraction of sp³-hybridized carbons (Fsp3) is 0.245. The molecule has 0 saturated heterocycles. The molecule has 8 heteroatoms. The van der Waals surface area contributed by atoms with Gasteiger partial charge in [0, 0.05) is 47.5 Å². The Kier molecular flexibility index (Phi) is 8.99. The van der Waals surface area contributed by atoms with Crippen molar-refractivity contribution in [1.82, 2.24) is 24.9 Å². The van der Waals surface area contributed by atoms with Gasteiger partial charge in [-0.25, -0.2) is 9.97 Å². The zero-order chi connectivity index (χ0) is 40.4. The topological polar surface area (TPSA) is 116 Å². The third kappa shape index (κ3) is 7.24. The van der Waals surface area contributed by atoms with Gasteiger partial charge < -0.3 is 15.0 Å². The molecule has 0 saturated carbocycles. The van der Waals surface area contributed by atoms with Gasteiger partial charge in [0.1, 0.15) is 33.5 Å². The number of aromatic nitrogens is 5. The van der Waals surface area contributed by atoms with Crippen LogP contribution < -0.4 is 0 Å². The number of fused-ring (bicyclic) bond motifs is 9. The van der Waals surface area contributed by atoms with E-state index in [1.54, 1.807) is 6.07 Å². The smallest absolute Gasteiger partial charge is 0.297 e. The molecule has 0 unspecified atom stereocenters. The Labute approximate surface area is 333 Å². The predicted octanol–water partition coefficient (Wildman–Crippen LogP) is 13.2. The number of nitrogens with zero attached hydrogens (tertiary/aromatic N) is 3. The normalized spacial score (nSPS) is 12.7.